The van der Waals surface area contributed by atoms with Crippen LogP contribution in [0.2, 0.25) is 24.7 Å². The summed E-state index contributed by atoms with van der Waals surface area (Å²) in [4.78, 5) is 15.0. The first kappa shape index (κ1) is 30.2. The first-order valence-corrected chi connectivity index (χ1v) is 18.1. The van der Waals surface area contributed by atoms with Crippen LogP contribution in [0, 0.1) is 0 Å². The van der Waals surface area contributed by atoms with E-state index in [1.165, 1.54) is 16.7 Å². The zero-order valence-electron chi connectivity index (χ0n) is 24.3. The smallest absolute Gasteiger partial charge is 0.185 e. The maximum absolute atomic E-state index is 12.4. The van der Waals surface area contributed by atoms with Crippen LogP contribution in [-0.4, -0.2) is 38.1 Å². The quantitative estimate of drug-likeness (QED) is 0.0939. The minimum absolute atomic E-state index is 0.0128. The van der Waals surface area contributed by atoms with Gasteiger partial charge in [0.2, 0.25) is 0 Å². The van der Waals surface area contributed by atoms with Gasteiger partial charge in [0.05, 0.1) is 0 Å². The fourth-order valence-electron chi connectivity index (χ4n) is 5.68. The molecule has 0 saturated carbocycles. The van der Waals surface area contributed by atoms with Gasteiger partial charge < -0.3 is 4.43 Å². The Kier molecular flexibility index (Phi) is 10.4. The van der Waals surface area contributed by atoms with Gasteiger partial charge in [0.1, 0.15) is 5.60 Å². The highest BCUT2D eigenvalue weighted by Crippen LogP contribution is 2.45. The molecule has 210 valence electrons. The Bertz CT molecular complexity index is 1260. The van der Waals surface area contributed by atoms with Crippen LogP contribution in [0.25, 0.3) is 0 Å². The molecule has 1 fully saturated rings. The number of allylic oxidation sites excluding steroid dienone is 3. The molecule has 40 heavy (non-hydrogen) atoms. The van der Waals surface area contributed by atoms with Crippen molar-refractivity contribution in [1.29, 1.82) is 0 Å². The summed E-state index contributed by atoms with van der Waals surface area (Å²) in [6, 6.07) is 28.9. The molecule has 3 nitrogen and oxygen atoms in total. The zero-order valence-corrected chi connectivity index (χ0v) is 26.0. The monoisotopic (exact) mass is 571 g/mol. The Morgan fingerprint density at radius 2 is 1.57 bits per heavy atom. The third-order valence-electron chi connectivity index (χ3n) is 7.48. The molecule has 4 rings (SSSR count). The van der Waals surface area contributed by atoms with E-state index in [0.29, 0.717) is 10.6 Å². The summed E-state index contributed by atoms with van der Waals surface area (Å²) < 4.78 is 7.29. The molecule has 1 atom stereocenters. The average Bonchev–Trinajstić information content (AvgIpc) is 3.43. The molecule has 1 saturated heterocycles. The summed E-state index contributed by atoms with van der Waals surface area (Å²) in [5.41, 5.74) is 3.95. The standard InChI is InChI=1S/C35H42ClNO2Si/c1-28(14-11-12-19-33(38)29-21-23-32(36)24-22-29)25-27-37-26-13-20-34(37)35(39-40(2,3)4,30-15-7-5-8-16-30)31-17-9-6-10-18-31/h5-10,12,15-19,21-25,34H,11,13-14,20,26-27H2,1-4H3/b19-12+,28-25+/t34-/m1/s1. The van der Waals surface area contributed by atoms with Crippen molar-refractivity contribution in [3.63, 3.8) is 0 Å². The van der Waals surface area contributed by atoms with Crippen LogP contribution in [0.1, 0.15) is 54.1 Å². The topological polar surface area (TPSA) is 29.5 Å². The lowest BCUT2D eigenvalue weighted by molar-refractivity contribution is 0.0164. The number of ketones is 1. The molecule has 0 aromatic heterocycles. The lowest BCUT2D eigenvalue weighted by atomic mass is 9.79. The highest BCUT2D eigenvalue weighted by atomic mass is 35.5. The van der Waals surface area contributed by atoms with Crippen LogP contribution in [0.5, 0.6) is 0 Å². The number of hydrogen-bond donors (Lipinski definition) is 0. The Morgan fingerprint density at radius 1 is 0.975 bits per heavy atom. The van der Waals surface area contributed by atoms with Crippen LogP contribution in [-0.2, 0) is 10.0 Å². The molecule has 5 heteroatoms. The number of carbonyl (C=O) groups excluding carboxylic acids is 1. The molecule has 0 spiro atoms. The molecule has 1 aliphatic rings. The van der Waals surface area contributed by atoms with E-state index in [2.05, 4.69) is 98.2 Å². The first-order chi connectivity index (χ1) is 19.2. The van der Waals surface area contributed by atoms with E-state index >= 15 is 0 Å². The summed E-state index contributed by atoms with van der Waals surface area (Å²) in [5, 5.41) is 0.637. The van der Waals surface area contributed by atoms with Crippen molar-refractivity contribution in [2.45, 2.75) is 63.9 Å². The maximum Gasteiger partial charge on any atom is 0.185 e. The Balaban J connectivity index is 1.51. The Morgan fingerprint density at radius 3 is 2.15 bits per heavy atom. The predicted molar refractivity (Wildman–Crippen MR) is 171 cm³/mol. The fourth-order valence-corrected chi connectivity index (χ4v) is 7.15. The number of hydrogen-bond acceptors (Lipinski definition) is 3. The van der Waals surface area contributed by atoms with E-state index in [-0.39, 0.29) is 11.8 Å². The zero-order chi connectivity index (χ0) is 28.6. The number of halogens is 1. The van der Waals surface area contributed by atoms with Gasteiger partial charge in [0.25, 0.3) is 0 Å². The van der Waals surface area contributed by atoms with E-state index < -0.39 is 13.9 Å². The number of nitrogens with zero attached hydrogens (tertiary/aromatic N) is 1. The largest absolute Gasteiger partial charge is 0.403 e. The molecule has 1 aliphatic heterocycles. The van der Waals surface area contributed by atoms with Crippen molar-refractivity contribution in [2.24, 2.45) is 0 Å². The van der Waals surface area contributed by atoms with Crippen molar-refractivity contribution in [2.75, 3.05) is 13.1 Å². The normalized spacial score (nSPS) is 17.0. The predicted octanol–water partition coefficient (Wildman–Crippen LogP) is 9.07. The Labute approximate surface area is 246 Å². The molecule has 3 aromatic rings. The van der Waals surface area contributed by atoms with Gasteiger partial charge in [-0.1, -0.05) is 90.0 Å². The molecule has 0 bridgehead atoms. The summed E-state index contributed by atoms with van der Waals surface area (Å²) in [6.45, 7) is 11.0. The molecular formula is C35H42ClNO2Si. The Hall–Kier alpha value is -2.76. The van der Waals surface area contributed by atoms with E-state index in [1.807, 2.05) is 6.08 Å². The van der Waals surface area contributed by atoms with Crippen LogP contribution in [0.4, 0.5) is 0 Å². The van der Waals surface area contributed by atoms with Crippen LogP contribution >= 0.6 is 11.6 Å². The minimum atomic E-state index is -1.94. The van der Waals surface area contributed by atoms with E-state index in [0.717, 1.165) is 38.8 Å². The SMILES string of the molecule is C/C(=C\CN1CCC[C@@H]1C(O[Si](C)(C)C)(c1ccccc1)c1ccccc1)CC/C=C/C(=O)c1ccc(Cl)cc1. The fraction of sp³-hybridized carbons (Fsp3) is 0.343. The van der Waals surface area contributed by atoms with Crippen molar-refractivity contribution >= 4 is 25.7 Å². The van der Waals surface area contributed by atoms with Gasteiger partial charge in [-0.2, -0.15) is 0 Å². The number of carbonyl (C=O) groups is 1. The van der Waals surface area contributed by atoms with Crippen LogP contribution in [0.15, 0.2) is 109 Å². The van der Waals surface area contributed by atoms with Crippen molar-refractivity contribution in [1.82, 2.24) is 4.90 Å². The van der Waals surface area contributed by atoms with Gasteiger partial charge in [-0.3, -0.25) is 9.69 Å². The van der Waals surface area contributed by atoms with E-state index in [9.17, 15) is 4.79 Å². The molecule has 0 amide bonds. The second-order valence-corrected chi connectivity index (χ2v) is 16.6. The van der Waals surface area contributed by atoms with E-state index in [1.54, 1.807) is 30.3 Å². The lowest BCUT2D eigenvalue weighted by Crippen LogP contribution is -2.54. The summed E-state index contributed by atoms with van der Waals surface area (Å²) in [5.74, 6) is 0.0128. The molecule has 0 aliphatic carbocycles. The first-order valence-electron chi connectivity index (χ1n) is 14.4. The number of benzene rings is 3. The maximum atomic E-state index is 12.4. The molecule has 3 aromatic carbocycles. The molecule has 0 radical (unpaired) electrons. The molecule has 1 heterocycles. The third kappa shape index (κ3) is 7.70. The minimum Gasteiger partial charge on any atom is -0.403 e. The highest BCUT2D eigenvalue weighted by molar-refractivity contribution is 6.69. The lowest BCUT2D eigenvalue weighted by Gasteiger charge is -2.47. The third-order valence-corrected chi connectivity index (χ3v) is 8.67. The number of rotatable bonds is 12. The summed E-state index contributed by atoms with van der Waals surface area (Å²) in [7, 11) is -1.94. The second-order valence-electron chi connectivity index (χ2n) is 11.7. The van der Waals surface area contributed by atoms with Gasteiger partial charge in [-0.15, -0.1) is 0 Å². The van der Waals surface area contributed by atoms with Crippen LogP contribution < -0.4 is 0 Å². The van der Waals surface area contributed by atoms with Gasteiger partial charge >= 0.3 is 0 Å². The summed E-state index contributed by atoms with van der Waals surface area (Å²) in [6.07, 6.45) is 10.0. The van der Waals surface area contributed by atoms with Crippen molar-refractivity contribution in [3.8, 4) is 0 Å². The van der Waals surface area contributed by atoms with Gasteiger partial charge in [-0.25, -0.2) is 0 Å². The average molecular weight is 572 g/mol. The highest BCUT2D eigenvalue weighted by Gasteiger charge is 2.49. The van der Waals surface area contributed by atoms with E-state index in [4.69, 9.17) is 16.0 Å². The van der Waals surface area contributed by atoms with Gasteiger partial charge in [0.15, 0.2) is 14.1 Å². The summed E-state index contributed by atoms with van der Waals surface area (Å²) >= 11 is 5.93. The van der Waals surface area contributed by atoms with Crippen LogP contribution in [0.3, 0.4) is 0 Å². The van der Waals surface area contributed by atoms with Crippen molar-refractivity contribution < 1.29 is 9.22 Å². The molecule has 0 unspecified atom stereocenters. The molecular weight excluding hydrogens is 530 g/mol. The molecule has 0 N–H and O–H groups in total. The van der Waals surface area contributed by atoms with Gasteiger partial charge in [0, 0.05) is 23.2 Å². The van der Waals surface area contributed by atoms with Gasteiger partial charge in [-0.05, 0) is 100 Å². The second kappa shape index (κ2) is 13.7. The van der Waals surface area contributed by atoms with Crippen molar-refractivity contribution in [3.05, 3.63) is 130 Å². The number of likely N-dealkylation sites (tertiary alicyclic amines) is 1.